The van der Waals surface area contributed by atoms with Gasteiger partial charge in [0.1, 0.15) is 13.2 Å². The van der Waals surface area contributed by atoms with Gasteiger partial charge in [0.15, 0.2) is 17.3 Å². The van der Waals surface area contributed by atoms with Crippen LogP contribution in [0, 0.1) is 5.92 Å². The van der Waals surface area contributed by atoms with Gasteiger partial charge in [0.25, 0.3) is 0 Å². The van der Waals surface area contributed by atoms with Crippen molar-refractivity contribution >= 4 is 33.3 Å². The average Bonchev–Trinajstić information content (AvgIpc) is 2.79. The Morgan fingerprint density at radius 1 is 1.03 bits per heavy atom. The molecule has 0 unspecified atom stereocenters. The molecule has 0 aliphatic carbocycles. The topological polar surface area (TPSA) is 67.9 Å². The Hall–Kier alpha value is -2.38. The molecule has 30 heavy (non-hydrogen) atoms. The van der Waals surface area contributed by atoms with Gasteiger partial charge in [-0.25, -0.2) is 0 Å². The standard InChI is InChI=1S/C23H25BrN2O4/c24-18-3-1-2-4-19(18)25-22(27)9-12-26-10-7-16(8-11-26)23(28)17-5-6-20-21(15-17)30-14-13-29-20/h1-6,15-16H,7-14H2,(H,25,27). The number of amides is 1. The van der Waals surface area contributed by atoms with Crippen LogP contribution in [-0.4, -0.2) is 49.4 Å². The van der Waals surface area contributed by atoms with Gasteiger partial charge in [0.2, 0.25) is 5.91 Å². The van der Waals surface area contributed by atoms with Crippen LogP contribution in [0.2, 0.25) is 0 Å². The molecule has 0 radical (unpaired) electrons. The number of halogens is 1. The number of para-hydroxylation sites is 1. The predicted octanol–water partition coefficient (Wildman–Crippen LogP) is 4.14. The van der Waals surface area contributed by atoms with Crippen LogP contribution in [0.1, 0.15) is 29.6 Å². The van der Waals surface area contributed by atoms with Gasteiger partial charge in [-0.2, -0.15) is 0 Å². The van der Waals surface area contributed by atoms with Crippen molar-refractivity contribution in [2.75, 3.05) is 38.2 Å². The predicted molar refractivity (Wildman–Crippen MR) is 118 cm³/mol. The summed E-state index contributed by atoms with van der Waals surface area (Å²) in [6.45, 7) is 3.39. The number of nitrogens with one attached hydrogen (secondary N) is 1. The summed E-state index contributed by atoms with van der Waals surface area (Å²) in [5.41, 5.74) is 1.47. The van der Waals surface area contributed by atoms with Gasteiger partial charge in [0, 0.05) is 28.9 Å². The van der Waals surface area contributed by atoms with Crippen LogP contribution < -0.4 is 14.8 Å². The third-order valence-corrected chi connectivity index (χ3v) is 6.28. The molecule has 0 spiro atoms. The lowest BCUT2D eigenvalue weighted by atomic mass is 9.88. The van der Waals surface area contributed by atoms with Gasteiger partial charge in [-0.05, 0) is 72.2 Å². The van der Waals surface area contributed by atoms with Crippen LogP contribution in [0.5, 0.6) is 11.5 Å². The summed E-state index contributed by atoms with van der Waals surface area (Å²) in [4.78, 5) is 27.4. The number of rotatable bonds is 6. The number of hydrogen-bond donors (Lipinski definition) is 1. The van der Waals surface area contributed by atoms with Crippen molar-refractivity contribution in [3.05, 3.63) is 52.5 Å². The van der Waals surface area contributed by atoms with Crippen LogP contribution in [0.4, 0.5) is 5.69 Å². The Balaban J connectivity index is 1.24. The van der Waals surface area contributed by atoms with Crippen molar-refractivity contribution in [2.24, 2.45) is 5.92 Å². The molecule has 1 saturated heterocycles. The minimum absolute atomic E-state index is 0.00335. The molecule has 2 heterocycles. The molecule has 0 aromatic heterocycles. The van der Waals surface area contributed by atoms with Crippen LogP contribution >= 0.6 is 15.9 Å². The van der Waals surface area contributed by atoms with E-state index in [1.54, 1.807) is 6.07 Å². The summed E-state index contributed by atoms with van der Waals surface area (Å²) in [6, 6.07) is 13.0. The summed E-state index contributed by atoms with van der Waals surface area (Å²) < 4.78 is 12.0. The van der Waals surface area contributed by atoms with Crippen LogP contribution in [0.15, 0.2) is 46.9 Å². The smallest absolute Gasteiger partial charge is 0.225 e. The maximum atomic E-state index is 12.9. The SMILES string of the molecule is O=C(CCN1CCC(C(=O)c2ccc3c(c2)OCCO3)CC1)Nc1ccccc1Br. The average molecular weight is 473 g/mol. The number of likely N-dealkylation sites (tertiary alicyclic amines) is 1. The zero-order valence-electron chi connectivity index (χ0n) is 16.7. The Bertz CT molecular complexity index is 925. The first-order valence-corrected chi connectivity index (χ1v) is 11.1. The molecule has 4 rings (SSSR count). The third kappa shape index (κ3) is 5.02. The number of nitrogens with zero attached hydrogens (tertiary/aromatic N) is 1. The number of piperidine rings is 1. The number of carbonyl (C=O) groups is 2. The summed E-state index contributed by atoms with van der Waals surface area (Å²) in [5.74, 6) is 1.53. The number of ketones is 1. The number of benzene rings is 2. The number of Topliss-reactive ketones (excluding diaryl/α,β-unsaturated/α-hetero) is 1. The van der Waals surface area contributed by atoms with Crippen molar-refractivity contribution in [3.63, 3.8) is 0 Å². The molecule has 2 aromatic carbocycles. The van der Waals surface area contributed by atoms with Gasteiger partial charge in [0.05, 0.1) is 5.69 Å². The van der Waals surface area contributed by atoms with Crippen LogP contribution in [0.3, 0.4) is 0 Å². The van der Waals surface area contributed by atoms with Gasteiger partial charge in [-0.1, -0.05) is 12.1 Å². The molecule has 7 heteroatoms. The maximum Gasteiger partial charge on any atom is 0.225 e. The second-order valence-corrected chi connectivity index (χ2v) is 8.47. The van der Waals surface area contributed by atoms with Crippen LogP contribution in [-0.2, 0) is 4.79 Å². The van der Waals surface area contributed by atoms with Crippen molar-refractivity contribution in [1.29, 1.82) is 0 Å². The molecule has 1 amide bonds. The highest BCUT2D eigenvalue weighted by molar-refractivity contribution is 9.10. The summed E-state index contributed by atoms with van der Waals surface area (Å²) in [6.07, 6.45) is 2.04. The molecule has 2 aromatic rings. The number of hydrogen-bond acceptors (Lipinski definition) is 5. The normalized spacial score (nSPS) is 16.8. The lowest BCUT2D eigenvalue weighted by molar-refractivity contribution is -0.116. The molecule has 0 bridgehead atoms. The number of fused-ring (bicyclic) bond motifs is 1. The molecular formula is C23H25BrN2O4. The molecule has 0 saturated carbocycles. The molecule has 0 atom stereocenters. The fourth-order valence-electron chi connectivity index (χ4n) is 3.89. The Morgan fingerprint density at radius 3 is 2.53 bits per heavy atom. The van der Waals surface area contributed by atoms with Crippen molar-refractivity contribution in [2.45, 2.75) is 19.3 Å². The molecule has 1 fully saturated rings. The van der Waals surface area contributed by atoms with E-state index in [1.807, 2.05) is 36.4 Å². The van der Waals surface area contributed by atoms with Crippen LogP contribution in [0.25, 0.3) is 0 Å². The second-order valence-electron chi connectivity index (χ2n) is 7.62. The van der Waals surface area contributed by atoms with E-state index in [9.17, 15) is 9.59 Å². The lowest BCUT2D eigenvalue weighted by Gasteiger charge is -2.31. The quantitative estimate of drug-likeness (QED) is 0.639. The lowest BCUT2D eigenvalue weighted by Crippen LogP contribution is -2.38. The Morgan fingerprint density at radius 2 is 1.77 bits per heavy atom. The summed E-state index contributed by atoms with van der Waals surface area (Å²) >= 11 is 3.44. The first-order valence-electron chi connectivity index (χ1n) is 10.3. The molecule has 158 valence electrons. The number of ether oxygens (including phenoxy) is 2. The van der Waals surface area contributed by atoms with E-state index >= 15 is 0 Å². The first kappa shape index (κ1) is 20.9. The summed E-state index contributed by atoms with van der Waals surface area (Å²) in [7, 11) is 0. The summed E-state index contributed by atoms with van der Waals surface area (Å²) in [5, 5.41) is 2.93. The third-order valence-electron chi connectivity index (χ3n) is 5.59. The van der Waals surface area contributed by atoms with Gasteiger partial charge >= 0.3 is 0 Å². The van der Waals surface area contributed by atoms with Crippen molar-refractivity contribution in [3.8, 4) is 11.5 Å². The second kappa shape index (κ2) is 9.62. The minimum atomic E-state index is -0.00335. The van der Waals surface area contributed by atoms with E-state index < -0.39 is 0 Å². The van der Waals surface area contributed by atoms with E-state index in [2.05, 4.69) is 26.1 Å². The monoisotopic (exact) mass is 472 g/mol. The maximum absolute atomic E-state index is 12.9. The highest BCUT2D eigenvalue weighted by Crippen LogP contribution is 2.32. The van der Waals surface area contributed by atoms with Gasteiger partial charge in [-0.15, -0.1) is 0 Å². The largest absolute Gasteiger partial charge is 0.486 e. The van der Waals surface area contributed by atoms with E-state index in [1.165, 1.54) is 0 Å². The molecule has 6 nitrogen and oxygen atoms in total. The van der Waals surface area contributed by atoms with E-state index in [0.717, 1.165) is 36.1 Å². The first-order chi connectivity index (χ1) is 14.6. The molecule has 2 aliphatic rings. The Labute approximate surface area is 184 Å². The number of carbonyl (C=O) groups excluding carboxylic acids is 2. The fourth-order valence-corrected chi connectivity index (χ4v) is 4.27. The molecule has 1 N–H and O–H groups in total. The highest BCUT2D eigenvalue weighted by atomic mass is 79.9. The van der Waals surface area contributed by atoms with E-state index in [-0.39, 0.29) is 17.6 Å². The molecule has 2 aliphatic heterocycles. The Kier molecular flexibility index (Phi) is 6.69. The van der Waals surface area contributed by atoms with Gasteiger partial charge < -0.3 is 19.7 Å². The van der Waals surface area contributed by atoms with E-state index in [4.69, 9.17) is 9.47 Å². The minimum Gasteiger partial charge on any atom is -0.486 e. The van der Waals surface area contributed by atoms with Crippen molar-refractivity contribution < 1.29 is 19.1 Å². The zero-order valence-corrected chi connectivity index (χ0v) is 18.3. The molecular weight excluding hydrogens is 448 g/mol. The van der Waals surface area contributed by atoms with E-state index in [0.29, 0.717) is 43.2 Å². The highest BCUT2D eigenvalue weighted by Gasteiger charge is 2.27. The fraction of sp³-hybridized carbons (Fsp3) is 0.391. The number of anilines is 1. The van der Waals surface area contributed by atoms with Crippen molar-refractivity contribution in [1.82, 2.24) is 4.90 Å². The zero-order chi connectivity index (χ0) is 20.9. The van der Waals surface area contributed by atoms with Gasteiger partial charge in [-0.3, -0.25) is 9.59 Å².